The van der Waals surface area contributed by atoms with Crippen molar-refractivity contribution in [3.63, 3.8) is 0 Å². The predicted molar refractivity (Wildman–Crippen MR) is 61.7 cm³/mol. The molecule has 1 atom stereocenters. The summed E-state index contributed by atoms with van der Waals surface area (Å²) >= 11 is 0. The topological polar surface area (TPSA) is 102 Å². The molecular formula is C11H12N2O5. The Balaban J connectivity index is 2.57. The third-order valence-electron chi connectivity index (χ3n) is 2.94. The minimum atomic E-state index is -1.05. The Hall–Kier alpha value is -2.15. The quantitative estimate of drug-likeness (QED) is 0.611. The first-order chi connectivity index (χ1) is 8.54. The van der Waals surface area contributed by atoms with Gasteiger partial charge < -0.3 is 15.2 Å². The number of nitro benzene ring substituents is 1. The molecule has 1 heterocycles. The fraction of sp³-hybridized carbons (Fsp3) is 0.364. The van der Waals surface area contributed by atoms with Gasteiger partial charge >= 0.3 is 11.7 Å². The number of fused-ring (bicyclic) bond motifs is 1. The minimum absolute atomic E-state index is 0.157. The Labute approximate surface area is 103 Å². The van der Waals surface area contributed by atoms with Crippen LogP contribution in [0, 0.1) is 10.1 Å². The van der Waals surface area contributed by atoms with Crippen molar-refractivity contribution in [3.05, 3.63) is 33.4 Å². The molecule has 1 unspecified atom stereocenters. The van der Waals surface area contributed by atoms with E-state index in [0.29, 0.717) is 18.5 Å². The third kappa shape index (κ3) is 2.00. The van der Waals surface area contributed by atoms with Crippen LogP contribution in [0.15, 0.2) is 12.1 Å². The van der Waals surface area contributed by atoms with E-state index >= 15 is 0 Å². The zero-order chi connectivity index (χ0) is 13.3. The molecule has 0 radical (unpaired) electrons. The maximum absolute atomic E-state index is 11.1. The van der Waals surface area contributed by atoms with E-state index in [1.807, 2.05) is 0 Å². The average molecular weight is 252 g/mol. The fourth-order valence-corrected chi connectivity index (χ4v) is 2.10. The van der Waals surface area contributed by atoms with E-state index in [1.54, 1.807) is 6.07 Å². The number of nitrogens with one attached hydrogen (secondary N) is 1. The van der Waals surface area contributed by atoms with Crippen molar-refractivity contribution in [2.75, 3.05) is 13.7 Å². The zero-order valence-corrected chi connectivity index (χ0v) is 9.67. The van der Waals surface area contributed by atoms with Gasteiger partial charge in [0.15, 0.2) is 5.75 Å². The van der Waals surface area contributed by atoms with Crippen molar-refractivity contribution in [1.82, 2.24) is 5.32 Å². The van der Waals surface area contributed by atoms with Crippen molar-refractivity contribution < 1.29 is 19.6 Å². The highest BCUT2D eigenvalue weighted by Crippen LogP contribution is 2.34. The van der Waals surface area contributed by atoms with Gasteiger partial charge in [-0.3, -0.25) is 14.9 Å². The van der Waals surface area contributed by atoms with Crippen molar-refractivity contribution >= 4 is 11.7 Å². The van der Waals surface area contributed by atoms with E-state index < -0.39 is 16.9 Å². The summed E-state index contributed by atoms with van der Waals surface area (Å²) in [6, 6.07) is 1.92. The Morgan fingerprint density at radius 1 is 1.61 bits per heavy atom. The van der Waals surface area contributed by atoms with Crippen LogP contribution in [0.5, 0.6) is 5.75 Å². The second kappa shape index (κ2) is 4.61. The Morgan fingerprint density at radius 2 is 2.33 bits per heavy atom. The van der Waals surface area contributed by atoms with E-state index in [-0.39, 0.29) is 11.4 Å². The molecule has 0 aromatic heterocycles. The fourth-order valence-electron chi connectivity index (χ4n) is 2.10. The van der Waals surface area contributed by atoms with Crippen molar-refractivity contribution in [2.24, 2.45) is 0 Å². The Bertz CT molecular complexity index is 514. The van der Waals surface area contributed by atoms with Gasteiger partial charge in [0.25, 0.3) is 0 Å². The van der Waals surface area contributed by atoms with E-state index in [9.17, 15) is 14.9 Å². The molecule has 0 spiro atoms. The Kier molecular flexibility index (Phi) is 3.15. The van der Waals surface area contributed by atoms with Crippen molar-refractivity contribution in [1.29, 1.82) is 0 Å². The van der Waals surface area contributed by atoms with E-state index in [4.69, 9.17) is 9.84 Å². The summed E-state index contributed by atoms with van der Waals surface area (Å²) < 4.78 is 4.96. The second-order valence-electron chi connectivity index (χ2n) is 3.96. The minimum Gasteiger partial charge on any atom is -0.490 e. The molecule has 1 aliphatic heterocycles. The summed E-state index contributed by atoms with van der Waals surface area (Å²) in [5.74, 6) is -0.889. The first-order valence-electron chi connectivity index (χ1n) is 5.36. The lowest BCUT2D eigenvalue weighted by Gasteiger charge is -2.24. The van der Waals surface area contributed by atoms with Crippen molar-refractivity contribution in [2.45, 2.75) is 12.5 Å². The van der Waals surface area contributed by atoms with Gasteiger partial charge in [-0.25, -0.2) is 0 Å². The predicted octanol–water partition coefficient (Wildman–Crippen LogP) is 0.875. The number of rotatable bonds is 3. The first-order valence-corrected chi connectivity index (χ1v) is 5.36. The van der Waals surface area contributed by atoms with Crippen LogP contribution < -0.4 is 10.1 Å². The molecule has 18 heavy (non-hydrogen) atoms. The van der Waals surface area contributed by atoms with Gasteiger partial charge in [-0.05, 0) is 23.6 Å². The third-order valence-corrected chi connectivity index (χ3v) is 2.94. The summed E-state index contributed by atoms with van der Waals surface area (Å²) in [5.41, 5.74) is 0.982. The smallest absolute Gasteiger partial charge is 0.325 e. The molecule has 2 rings (SSSR count). The van der Waals surface area contributed by atoms with E-state index in [2.05, 4.69) is 5.32 Å². The second-order valence-corrected chi connectivity index (χ2v) is 3.96. The number of hydrogen-bond acceptors (Lipinski definition) is 5. The number of hydrogen-bond donors (Lipinski definition) is 2. The lowest BCUT2D eigenvalue weighted by molar-refractivity contribution is -0.385. The summed E-state index contributed by atoms with van der Waals surface area (Å²) in [5, 5.41) is 22.8. The highest BCUT2D eigenvalue weighted by molar-refractivity contribution is 5.77. The first kappa shape index (κ1) is 12.3. The summed E-state index contributed by atoms with van der Waals surface area (Å²) in [7, 11) is 1.35. The highest BCUT2D eigenvalue weighted by atomic mass is 16.6. The van der Waals surface area contributed by atoms with Gasteiger partial charge in [0.05, 0.1) is 12.0 Å². The van der Waals surface area contributed by atoms with Crippen LogP contribution in [0.4, 0.5) is 5.69 Å². The molecule has 7 heteroatoms. The van der Waals surface area contributed by atoms with Crippen LogP contribution in [0.1, 0.15) is 17.2 Å². The molecule has 0 aliphatic carbocycles. The highest BCUT2D eigenvalue weighted by Gasteiger charge is 2.29. The summed E-state index contributed by atoms with van der Waals surface area (Å²) in [6.07, 6.45) is 0.619. The van der Waals surface area contributed by atoms with Crippen LogP contribution in [0.2, 0.25) is 0 Å². The van der Waals surface area contributed by atoms with Crippen molar-refractivity contribution in [3.8, 4) is 5.75 Å². The van der Waals surface area contributed by atoms with Gasteiger partial charge in [-0.1, -0.05) is 0 Å². The number of benzene rings is 1. The normalized spacial score (nSPS) is 17.9. The van der Waals surface area contributed by atoms with Gasteiger partial charge in [0.1, 0.15) is 6.04 Å². The number of nitrogens with zero attached hydrogens (tertiary/aromatic N) is 1. The lowest BCUT2D eigenvalue weighted by Crippen LogP contribution is -2.35. The number of methoxy groups -OCH3 is 1. The number of aliphatic carboxylic acids is 1. The molecule has 0 saturated heterocycles. The number of carbonyl (C=O) groups is 1. The van der Waals surface area contributed by atoms with Crippen LogP contribution in [-0.4, -0.2) is 29.7 Å². The number of ether oxygens (including phenoxy) is 1. The van der Waals surface area contributed by atoms with Crippen LogP contribution in [0.3, 0.4) is 0 Å². The SMILES string of the molecule is COc1cc2c(cc1[N+](=O)[O-])C(C(=O)O)NCC2. The average Bonchev–Trinajstić information content (AvgIpc) is 2.35. The van der Waals surface area contributed by atoms with Gasteiger partial charge in [0, 0.05) is 12.6 Å². The lowest BCUT2D eigenvalue weighted by atomic mass is 9.93. The zero-order valence-electron chi connectivity index (χ0n) is 9.67. The molecule has 2 N–H and O–H groups in total. The number of nitro groups is 1. The monoisotopic (exact) mass is 252 g/mol. The van der Waals surface area contributed by atoms with Crippen LogP contribution in [0.25, 0.3) is 0 Å². The van der Waals surface area contributed by atoms with E-state index in [0.717, 1.165) is 5.56 Å². The molecule has 1 aromatic carbocycles. The van der Waals surface area contributed by atoms with Crippen LogP contribution in [-0.2, 0) is 11.2 Å². The van der Waals surface area contributed by atoms with Gasteiger partial charge in [-0.2, -0.15) is 0 Å². The molecule has 1 aliphatic rings. The maximum Gasteiger partial charge on any atom is 0.325 e. The molecule has 1 aromatic rings. The van der Waals surface area contributed by atoms with Gasteiger partial charge in [0.2, 0.25) is 0 Å². The van der Waals surface area contributed by atoms with Crippen LogP contribution >= 0.6 is 0 Å². The Morgan fingerprint density at radius 3 is 2.89 bits per heavy atom. The summed E-state index contributed by atoms with van der Waals surface area (Å²) in [6.45, 7) is 0.519. The molecule has 0 fully saturated rings. The number of carboxylic acids is 1. The molecule has 0 bridgehead atoms. The largest absolute Gasteiger partial charge is 0.490 e. The standard InChI is InChI=1S/C11H12N2O5/c1-18-9-4-6-2-3-12-10(11(14)15)7(6)5-8(9)13(16)17/h4-5,10,12H,2-3H2,1H3,(H,14,15). The molecular weight excluding hydrogens is 240 g/mol. The van der Waals surface area contributed by atoms with Gasteiger partial charge in [-0.15, -0.1) is 0 Å². The molecule has 96 valence electrons. The summed E-state index contributed by atoms with van der Waals surface area (Å²) in [4.78, 5) is 21.4. The molecule has 0 saturated carbocycles. The molecule has 7 nitrogen and oxygen atoms in total. The molecule has 0 amide bonds. The van der Waals surface area contributed by atoms with E-state index in [1.165, 1.54) is 13.2 Å². The number of carboxylic acid groups (broad SMARTS) is 1. The maximum atomic E-state index is 11.1.